The molecule has 64 valence electrons. The Morgan fingerprint density at radius 3 is 2.75 bits per heavy atom. The van der Waals surface area contributed by atoms with E-state index in [0.717, 1.165) is 17.0 Å². The summed E-state index contributed by atoms with van der Waals surface area (Å²) in [5.74, 6) is 0. The van der Waals surface area contributed by atoms with E-state index in [1.54, 1.807) is 0 Å². The monoisotopic (exact) mass is 220 g/mol. The summed E-state index contributed by atoms with van der Waals surface area (Å²) in [4.78, 5) is 0. The topological polar surface area (TPSA) is 0 Å². The summed E-state index contributed by atoms with van der Waals surface area (Å²) >= 11 is 17.9. The number of fused-ring (bicyclic) bond motifs is 1. The van der Waals surface area contributed by atoms with Crippen molar-refractivity contribution in [2.45, 2.75) is 17.2 Å². The molecular weight excluding hydrogens is 214 g/mol. The van der Waals surface area contributed by atoms with Crippen LogP contribution in [0.25, 0.3) is 0 Å². The van der Waals surface area contributed by atoms with Crippen molar-refractivity contribution in [3.05, 3.63) is 34.3 Å². The second kappa shape index (κ2) is 3.10. The van der Waals surface area contributed by atoms with Gasteiger partial charge in [0.05, 0.1) is 10.8 Å². The highest BCUT2D eigenvalue weighted by atomic mass is 35.5. The molecule has 2 atom stereocenters. The van der Waals surface area contributed by atoms with Crippen LogP contribution in [0.4, 0.5) is 0 Å². The second-order valence-electron chi connectivity index (χ2n) is 2.97. The number of halogens is 3. The zero-order valence-electron chi connectivity index (χ0n) is 6.23. The fourth-order valence-electron chi connectivity index (χ4n) is 1.53. The van der Waals surface area contributed by atoms with Gasteiger partial charge >= 0.3 is 0 Å². The maximum absolute atomic E-state index is 6.07. The van der Waals surface area contributed by atoms with Crippen LogP contribution in [0.5, 0.6) is 0 Å². The van der Waals surface area contributed by atoms with E-state index in [0.29, 0.717) is 0 Å². The molecule has 1 aromatic carbocycles. The lowest BCUT2D eigenvalue weighted by molar-refractivity contribution is 0.892. The third-order valence-electron chi connectivity index (χ3n) is 2.13. The summed E-state index contributed by atoms with van der Waals surface area (Å²) < 4.78 is 0. The first-order valence-electron chi connectivity index (χ1n) is 3.75. The van der Waals surface area contributed by atoms with Crippen LogP contribution >= 0.6 is 34.8 Å². The number of benzene rings is 1. The minimum atomic E-state index is -0.0565. The molecule has 2 unspecified atom stereocenters. The highest BCUT2D eigenvalue weighted by molar-refractivity contribution is 6.32. The first-order valence-corrected chi connectivity index (χ1v) is 5.00. The third-order valence-corrected chi connectivity index (χ3v) is 3.44. The molecule has 2 rings (SSSR count). The molecular formula is C9H7Cl3. The molecule has 1 aliphatic rings. The first kappa shape index (κ1) is 8.68. The molecule has 0 saturated carbocycles. The summed E-state index contributed by atoms with van der Waals surface area (Å²) in [7, 11) is 0. The Morgan fingerprint density at radius 1 is 1.25 bits per heavy atom. The lowest BCUT2D eigenvalue weighted by Gasteiger charge is -2.04. The molecule has 12 heavy (non-hydrogen) atoms. The Morgan fingerprint density at radius 2 is 2.00 bits per heavy atom. The SMILES string of the molecule is Clc1ccc2c(c1)CC(Cl)C2Cl. The molecule has 0 bridgehead atoms. The van der Waals surface area contributed by atoms with Crippen LogP contribution in [0.15, 0.2) is 18.2 Å². The van der Waals surface area contributed by atoms with Crippen LogP contribution < -0.4 is 0 Å². The van der Waals surface area contributed by atoms with Crippen LogP contribution in [0, 0.1) is 0 Å². The molecule has 0 aliphatic heterocycles. The third kappa shape index (κ3) is 1.32. The molecule has 0 amide bonds. The summed E-state index contributed by atoms with van der Waals surface area (Å²) in [5, 5.41) is 0.711. The van der Waals surface area contributed by atoms with Gasteiger partial charge in [-0.1, -0.05) is 17.7 Å². The fourth-order valence-corrected chi connectivity index (χ4v) is 2.33. The van der Waals surface area contributed by atoms with Crippen molar-refractivity contribution in [1.82, 2.24) is 0 Å². The van der Waals surface area contributed by atoms with Gasteiger partial charge in [-0.15, -0.1) is 23.2 Å². The van der Waals surface area contributed by atoms with Crippen LogP contribution in [-0.4, -0.2) is 5.38 Å². The van der Waals surface area contributed by atoms with Crippen molar-refractivity contribution in [3.63, 3.8) is 0 Å². The maximum atomic E-state index is 6.07. The molecule has 0 saturated heterocycles. The van der Waals surface area contributed by atoms with Gasteiger partial charge in [-0.2, -0.15) is 0 Å². The number of rotatable bonds is 0. The Labute approximate surface area is 86.4 Å². The zero-order chi connectivity index (χ0) is 8.72. The van der Waals surface area contributed by atoms with Gasteiger partial charge in [-0.05, 0) is 29.7 Å². The van der Waals surface area contributed by atoms with Crippen LogP contribution in [-0.2, 0) is 6.42 Å². The van der Waals surface area contributed by atoms with Gasteiger partial charge in [-0.25, -0.2) is 0 Å². The van der Waals surface area contributed by atoms with E-state index in [4.69, 9.17) is 34.8 Å². The van der Waals surface area contributed by atoms with E-state index in [1.807, 2.05) is 18.2 Å². The van der Waals surface area contributed by atoms with Crippen LogP contribution in [0.2, 0.25) is 5.02 Å². The molecule has 0 fully saturated rings. The first-order chi connectivity index (χ1) is 5.68. The van der Waals surface area contributed by atoms with E-state index in [2.05, 4.69) is 0 Å². The predicted molar refractivity (Wildman–Crippen MR) is 53.4 cm³/mol. The van der Waals surface area contributed by atoms with Gasteiger partial charge < -0.3 is 0 Å². The molecule has 0 radical (unpaired) electrons. The van der Waals surface area contributed by atoms with Crippen molar-refractivity contribution < 1.29 is 0 Å². The average molecular weight is 222 g/mol. The van der Waals surface area contributed by atoms with Gasteiger partial charge in [0.2, 0.25) is 0 Å². The minimum Gasteiger partial charge on any atom is -0.121 e. The fraction of sp³-hybridized carbons (Fsp3) is 0.333. The molecule has 0 aromatic heterocycles. The summed E-state index contributed by atoms with van der Waals surface area (Å²) in [6.07, 6.45) is 0.825. The Bertz CT molecular complexity index is 309. The summed E-state index contributed by atoms with van der Waals surface area (Å²) in [5.41, 5.74) is 2.31. The smallest absolute Gasteiger partial charge is 0.0754 e. The molecule has 0 heterocycles. The number of alkyl halides is 2. The second-order valence-corrected chi connectivity index (χ2v) is 4.43. The van der Waals surface area contributed by atoms with Crippen molar-refractivity contribution in [2.24, 2.45) is 0 Å². The van der Waals surface area contributed by atoms with Gasteiger partial charge in [0.15, 0.2) is 0 Å². The molecule has 0 N–H and O–H groups in total. The normalized spacial score (nSPS) is 27.2. The average Bonchev–Trinajstić information content (AvgIpc) is 2.28. The van der Waals surface area contributed by atoms with E-state index < -0.39 is 0 Å². The van der Waals surface area contributed by atoms with Gasteiger partial charge in [-0.3, -0.25) is 0 Å². The highest BCUT2D eigenvalue weighted by Gasteiger charge is 2.28. The molecule has 3 heteroatoms. The van der Waals surface area contributed by atoms with Crippen molar-refractivity contribution in [3.8, 4) is 0 Å². The van der Waals surface area contributed by atoms with E-state index in [1.165, 1.54) is 5.56 Å². The Kier molecular flexibility index (Phi) is 2.24. The summed E-state index contributed by atoms with van der Waals surface area (Å²) in [6.45, 7) is 0. The Hall–Kier alpha value is 0.0900. The quantitative estimate of drug-likeness (QED) is 0.585. The molecule has 1 aliphatic carbocycles. The van der Waals surface area contributed by atoms with E-state index in [-0.39, 0.29) is 10.8 Å². The minimum absolute atomic E-state index is 0.0140. The Balaban J connectivity index is 2.47. The standard InChI is InChI=1S/C9H7Cl3/c10-6-1-2-7-5(3-6)4-8(11)9(7)12/h1-3,8-9H,4H2. The van der Waals surface area contributed by atoms with E-state index in [9.17, 15) is 0 Å². The van der Waals surface area contributed by atoms with Crippen molar-refractivity contribution in [1.29, 1.82) is 0 Å². The zero-order valence-corrected chi connectivity index (χ0v) is 8.50. The van der Waals surface area contributed by atoms with Gasteiger partial charge in [0.25, 0.3) is 0 Å². The van der Waals surface area contributed by atoms with Crippen molar-refractivity contribution >= 4 is 34.8 Å². The lowest BCUT2D eigenvalue weighted by Crippen LogP contribution is -1.98. The van der Waals surface area contributed by atoms with E-state index >= 15 is 0 Å². The maximum Gasteiger partial charge on any atom is 0.0754 e. The van der Waals surface area contributed by atoms with Gasteiger partial charge in [0, 0.05) is 5.02 Å². The number of hydrogen-bond acceptors (Lipinski definition) is 0. The van der Waals surface area contributed by atoms with Crippen LogP contribution in [0.3, 0.4) is 0 Å². The number of hydrogen-bond donors (Lipinski definition) is 0. The lowest BCUT2D eigenvalue weighted by atomic mass is 10.1. The van der Waals surface area contributed by atoms with Crippen molar-refractivity contribution in [2.75, 3.05) is 0 Å². The van der Waals surface area contributed by atoms with Crippen LogP contribution in [0.1, 0.15) is 16.5 Å². The highest BCUT2D eigenvalue weighted by Crippen LogP contribution is 2.40. The largest absolute Gasteiger partial charge is 0.121 e. The molecule has 0 nitrogen and oxygen atoms in total. The van der Waals surface area contributed by atoms with Gasteiger partial charge in [0.1, 0.15) is 0 Å². The summed E-state index contributed by atoms with van der Waals surface area (Å²) in [6, 6.07) is 5.75. The molecule has 0 spiro atoms. The predicted octanol–water partition coefficient (Wildman–Crippen LogP) is 3.78. The molecule has 1 aromatic rings.